The van der Waals surface area contributed by atoms with Crippen molar-refractivity contribution >= 4 is 70.0 Å². The summed E-state index contributed by atoms with van der Waals surface area (Å²) in [5.74, 6) is -0.0716. The maximum absolute atomic E-state index is 15.4. The van der Waals surface area contributed by atoms with E-state index in [0.717, 1.165) is 118 Å². The molecule has 34 heteroatoms. The zero-order chi connectivity index (χ0) is 108. The van der Waals surface area contributed by atoms with Crippen molar-refractivity contribution in [3.8, 4) is 0 Å². The van der Waals surface area contributed by atoms with Gasteiger partial charge < -0.3 is 69.9 Å². The number of hydrogen-bond acceptors (Lipinski definition) is 22. The fourth-order valence-electron chi connectivity index (χ4n) is 23.8. The van der Waals surface area contributed by atoms with Gasteiger partial charge in [0.2, 0.25) is 41.4 Å². The number of piperazine rings is 4. The molecule has 0 bridgehead atoms. The molecule has 3 unspecified atom stereocenters. The molecule has 18 rings (SSSR count). The molecule has 0 aliphatic carbocycles. The van der Waals surface area contributed by atoms with Crippen LogP contribution in [0.25, 0.3) is 0 Å². The SMILES string of the molecule is CCCC(C)(F)c1cc2c(cn1)C(C)(C)CN2C(=O)CN1C[C@@H](C)NC[C@@H]1CN1CC(C)=C(C)C1=O.CCCC(C)(F)c1cc2c(cn1)C(C)(C)CN2C(=O)CN1C[C@@H](C)NC[C@@H]1CN1C[C@H](C)OCC1=O.CCCC(C)(F)c1cc2c(cn1)C(C)(C)CN2C(=O)CN1C[C@@H](C)NC[C@@H]1CN1Cc2ccccc2C1=O.C[C@@H]1CN(CC(=O)N2CC(C)(C)c3ncc(Cc4ccc(F)cc4)cc32)[C@@H](CN2C(=O)CO[C@@H](C)[C@H]2C)CN1. The molecule has 6 saturated heterocycles. The number of amides is 8. The molecule has 6 fully saturated rings. The Labute approximate surface area is 880 Å². The predicted octanol–water partition coefficient (Wildman–Crippen LogP) is 12.9. The van der Waals surface area contributed by atoms with Crippen molar-refractivity contribution in [3.05, 3.63) is 176 Å². The number of halogens is 4. The van der Waals surface area contributed by atoms with E-state index in [4.69, 9.17) is 14.5 Å². The molecule has 0 spiro atoms. The van der Waals surface area contributed by atoms with Gasteiger partial charge in [0.15, 0.2) is 0 Å². The van der Waals surface area contributed by atoms with Gasteiger partial charge in [-0.25, -0.2) is 17.6 Å². The average Bonchev–Trinajstić information content (AvgIpc) is 1.62. The van der Waals surface area contributed by atoms with Crippen LogP contribution in [-0.2, 0) is 94.7 Å². The monoisotopic (exact) mass is 2060 g/mol. The Balaban J connectivity index is 0.000000149. The lowest BCUT2D eigenvalue weighted by Crippen LogP contribution is -2.63. The van der Waals surface area contributed by atoms with E-state index in [1.807, 2.05) is 125 Å². The Morgan fingerprint density at radius 3 is 1.22 bits per heavy atom. The van der Waals surface area contributed by atoms with Crippen LogP contribution in [0.1, 0.15) is 264 Å². The van der Waals surface area contributed by atoms with E-state index in [1.165, 1.54) is 12.1 Å². The quantitative estimate of drug-likeness (QED) is 0.0348. The van der Waals surface area contributed by atoms with Crippen molar-refractivity contribution in [1.82, 2.24) is 80.4 Å². The highest BCUT2D eigenvalue weighted by atomic mass is 19.2. The van der Waals surface area contributed by atoms with Gasteiger partial charge in [-0.05, 0) is 173 Å². The van der Waals surface area contributed by atoms with E-state index in [2.05, 4.69) is 145 Å². The summed E-state index contributed by atoms with van der Waals surface area (Å²) >= 11 is 0. The van der Waals surface area contributed by atoms with E-state index >= 15 is 13.2 Å². The fraction of sp³-hybridized carbons (Fsp3) is 0.635. The van der Waals surface area contributed by atoms with Crippen LogP contribution < -0.4 is 40.9 Å². The Hall–Kier alpha value is -10.1. The van der Waals surface area contributed by atoms with Crippen LogP contribution in [0, 0.1) is 5.82 Å². The summed E-state index contributed by atoms with van der Waals surface area (Å²) < 4.78 is 70.5. The topological polar surface area (TPSA) is 294 Å². The first-order valence-electron chi connectivity index (χ1n) is 54.3. The van der Waals surface area contributed by atoms with E-state index in [-0.39, 0.29) is 181 Å². The summed E-state index contributed by atoms with van der Waals surface area (Å²) in [7, 11) is 0. The molecule has 12 aliphatic rings. The minimum Gasteiger partial charge on any atom is -0.367 e. The van der Waals surface area contributed by atoms with Crippen LogP contribution >= 0.6 is 0 Å². The van der Waals surface area contributed by atoms with Gasteiger partial charge in [-0.3, -0.25) is 77.9 Å². The van der Waals surface area contributed by atoms with Crippen LogP contribution in [0.5, 0.6) is 0 Å². The maximum Gasteiger partial charge on any atom is 0.254 e. The number of alkyl halides is 3. The summed E-state index contributed by atoms with van der Waals surface area (Å²) in [4.78, 5) is 148. The zero-order valence-electron chi connectivity index (χ0n) is 92.5. The second-order valence-electron chi connectivity index (χ2n) is 47.8. The number of benzene rings is 2. The minimum absolute atomic E-state index is 0.000150. The Morgan fingerprint density at radius 2 is 0.819 bits per heavy atom. The molecule has 6 aromatic rings. The van der Waals surface area contributed by atoms with Crippen molar-refractivity contribution in [2.24, 2.45) is 0 Å². The lowest BCUT2D eigenvalue weighted by molar-refractivity contribution is -0.156. The average molecular weight is 2060 g/mol. The summed E-state index contributed by atoms with van der Waals surface area (Å²) in [6, 6.07) is 22.8. The third-order valence-corrected chi connectivity index (χ3v) is 32.9. The van der Waals surface area contributed by atoms with Gasteiger partial charge in [0, 0.05) is 247 Å². The second-order valence-corrected chi connectivity index (χ2v) is 47.8. The number of aromatic nitrogens is 4. The van der Waals surface area contributed by atoms with Gasteiger partial charge in [0.05, 0.1) is 90.0 Å². The van der Waals surface area contributed by atoms with Crippen molar-refractivity contribution in [1.29, 1.82) is 0 Å². The molecule has 2 aromatic carbocycles. The lowest BCUT2D eigenvalue weighted by atomic mass is 9.87. The van der Waals surface area contributed by atoms with Crippen LogP contribution in [0.15, 0.2) is 109 Å². The van der Waals surface area contributed by atoms with Gasteiger partial charge >= 0.3 is 0 Å². The zero-order valence-corrected chi connectivity index (χ0v) is 92.5. The number of carbonyl (C=O) groups is 8. The molecule has 12 aliphatic heterocycles. The third kappa shape index (κ3) is 25.7. The molecule has 14 atom stereocenters. The molecule has 16 heterocycles. The standard InChI is InChI=1S/C30H40FN5O3.C30H40FN5O2.C28H42FN5O2.C27H42FN5O3/c1-19-14-34(25(13-32-19)15-35-20(2)21(3)39-17-28(35)38)16-27(37)36-18-30(4,5)29-26(36)11-23(12-33-29)10-22-6-8-24(31)9-7-22;1-6-11-30(5,31)26-12-25-24(14-33-26)29(3,4)19-36(25)27(37)18-34-15-20(2)32-13-22(34)17-35-16-21-9-7-8-10-23(21)28(35)38;1-8-9-28(7,29)24-10-23-22(12-31-24)27(5,6)17-34(23)25(35)16-32-14-19(3)30-11-21(32)15-33-13-18(2)20(4)26(33)36;1-7-8-27(6,28)23-9-22-21(11-30-23)26(4,5)17-33(22)24(34)15-31-12-18(2)29-10-20(31)14-32-13-19(3)36-16-25(32)35/h6-9,11-12,19-21,25,32H,10,13-18H2,1-5H3;7-10,12,14,20,22,32H,6,11,13,15-19H2,1-5H3;10,12,19,21,30H,8-9,11,13-17H2,1-7H3;9,11,18-20,29H,7-8,10,12-17H2,1-6H3/t19-,20-,21+,25-;20-,22-,30?;19-,21-,28?;18-,19+,20-,27?/m1111/s1. The van der Waals surface area contributed by atoms with Crippen molar-refractivity contribution in [2.75, 3.05) is 177 Å². The molecule has 8 amide bonds. The number of hydrogen-bond donors (Lipinski definition) is 4. The van der Waals surface area contributed by atoms with Crippen LogP contribution in [0.4, 0.5) is 40.3 Å². The smallest absolute Gasteiger partial charge is 0.254 e. The number of anilines is 4. The van der Waals surface area contributed by atoms with Crippen LogP contribution in [-0.4, -0.2) is 330 Å². The molecular formula is C115H164F4N20O10. The van der Waals surface area contributed by atoms with Gasteiger partial charge in [-0.1, -0.05) is 126 Å². The number of nitrogens with zero attached hydrogens (tertiary/aromatic N) is 16. The van der Waals surface area contributed by atoms with Gasteiger partial charge in [0.25, 0.3) is 5.91 Å². The fourth-order valence-corrected chi connectivity index (χ4v) is 23.8. The Morgan fingerprint density at radius 1 is 0.436 bits per heavy atom. The van der Waals surface area contributed by atoms with E-state index < -0.39 is 17.0 Å². The van der Waals surface area contributed by atoms with E-state index in [9.17, 15) is 42.7 Å². The number of carbonyl (C=O) groups excluding carboxylic acids is 8. The predicted molar refractivity (Wildman–Crippen MR) is 574 cm³/mol. The van der Waals surface area contributed by atoms with Gasteiger partial charge in [-0.2, -0.15) is 0 Å². The normalized spacial score (nSPS) is 26.4. The maximum atomic E-state index is 15.4. The largest absolute Gasteiger partial charge is 0.367 e. The molecule has 0 radical (unpaired) electrons. The molecule has 4 aromatic heterocycles. The number of pyridine rings is 4. The highest BCUT2D eigenvalue weighted by Gasteiger charge is 2.50. The summed E-state index contributed by atoms with van der Waals surface area (Å²) in [5.41, 5.74) is 8.29. The number of ether oxygens (including phenoxy) is 2. The number of fused-ring (bicyclic) bond motifs is 5. The minimum atomic E-state index is -1.54. The van der Waals surface area contributed by atoms with E-state index in [1.54, 1.807) is 69.7 Å². The Kier molecular flexibility index (Phi) is 34.9. The third-order valence-electron chi connectivity index (χ3n) is 32.9. The van der Waals surface area contributed by atoms with Crippen molar-refractivity contribution in [3.63, 3.8) is 0 Å². The second kappa shape index (κ2) is 46.0. The summed E-state index contributed by atoms with van der Waals surface area (Å²) in [6.07, 6.45) is 11.1. The molecule has 0 saturated carbocycles. The Bertz CT molecular complexity index is 5770. The number of nitrogens with one attached hydrogen (secondary N) is 4. The van der Waals surface area contributed by atoms with Crippen molar-refractivity contribution in [2.45, 2.75) is 316 Å². The number of rotatable bonds is 27. The lowest BCUT2D eigenvalue weighted by Gasteiger charge is -2.45. The number of morpholine rings is 2. The van der Waals surface area contributed by atoms with Gasteiger partial charge in [0.1, 0.15) is 36.0 Å². The van der Waals surface area contributed by atoms with Crippen molar-refractivity contribution < 1.29 is 65.4 Å². The highest BCUT2D eigenvalue weighted by Crippen LogP contribution is 2.48. The summed E-state index contributed by atoms with van der Waals surface area (Å²) in [5, 5.41) is 14.1. The van der Waals surface area contributed by atoms with E-state index in [0.29, 0.717) is 147 Å². The first-order chi connectivity index (χ1) is 70.3. The molecule has 812 valence electrons. The first kappa shape index (κ1) is 113. The van der Waals surface area contributed by atoms with Crippen LogP contribution in [0.2, 0.25) is 0 Å². The molecule has 4 N–H and O–H groups in total. The molecule has 149 heavy (non-hydrogen) atoms. The highest BCUT2D eigenvalue weighted by molar-refractivity contribution is 6.01. The molecule has 30 nitrogen and oxygen atoms in total. The summed E-state index contributed by atoms with van der Waals surface area (Å²) in [6.45, 7) is 59.1. The van der Waals surface area contributed by atoms with Crippen LogP contribution in [0.3, 0.4) is 0 Å². The molecular weight excluding hydrogens is 1900 g/mol. The van der Waals surface area contributed by atoms with Gasteiger partial charge in [-0.15, -0.1) is 0 Å². The first-order valence-corrected chi connectivity index (χ1v) is 54.3.